The van der Waals surface area contributed by atoms with Crippen LogP contribution in [0.1, 0.15) is 33.5 Å². The quantitative estimate of drug-likeness (QED) is 0.523. The minimum Gasteiger partial charge on any atom is -0.461 e. The molecule has 3 heterocycles. The van der Waals surface area contributed by atoms with E-state index in [1.54, 1.807) is 22.8 Å². The second-order valence-corrected chi connectivity index (χ2v) is 5.46. The Hall–Kier alpha value is -3.22. The molecule has 0 aliphatic carbocycles. The average molecular weight is 340 g/mol. The summed E-state index contributed by atoms with van der Waals surface area (Å²) in [5.41, 5.74) is 0.680. The number of esters is 1. The second-order valence-electron chi connectivity index (χ2n) is 5.46. The lowest BCUT2D eigenvalue weighted by Gasteiger charge is -2.11. The molecule has 0 aliphatic rings. The van der Waals surface area contributed by atoms with Crippen LogP contribution in [0, 0.1) is 6.92 Å². The van der Waals surface area contributed by atoms with Crippen molar-refractivity contribution in [1.82, 2.24) is 9.55 Å². The highest BCUT2D eigenvalue weighted by atomic mass is 16.5. The Balaban J connectivity index is 1.91. The van der Waals surface area contributed by atoms with E-state index in [-0.39, 0.29) is 11.3 Å². The van der Waals surface area contributed by atoms with Crippen molar-refractivity contribution < 1.29 is 18.7 Å². The third-order valence-electron chi connectivity index (χ3n) is 3.75. The summed E-state index contributed by atoms with van der Waals surface area (Å²) in [4.78, 5) is 41.0. The van der Waals surface area contributed by atoms with Gasteiger partial charge >= 0.3 is 5.97 Å². The number of aromatic nitrogens is 2. The lowest BCUT2D eigenvalue weighted by molar-refractivity contribution is 0.0466. The number of furan rings is 1. The molecule has 0 radical (unpaired) electrons. The maximum absolute atomic E-state index is 12.6. The van der Waals surface area contributed by atoms with Gasteiger partial charge in [-0.05, 0) is 38.1 Å². The summed E-state index contributed by atoms with van der Waals surface area (Å²) in [5, 5.41) is 0.333. The number of ketones is 1. The molecule has 0 aliphatic heterocycles. The number of nitrogens with zero attached hydrogens (tertiary/aromatic N) is 2. The monoisotopic (exact) mass is 340 g/mol. The smallest absolute Gasteiger partial charge is 0.344 e. The molecule has 3 aromatic rings. The molecule has 0 fully saturated rings. The molecule has 0 saturated carbocycles. The second kappa shape index (κ2) is 6.72. The minimum atomic E-state index is -0.852. The Labute approximate surface area is 142 Å². The zero-order valence-corrected chi connectivity index (χ0v) is 13.8. The van der Waals surface area contributed by atoms with Gasteiger partial charge in [0.2, 0.25) is 11.2 Å². The number of hydrogen-bond acceptors (Lipinski definition) is 6. The van der Waals surface area contributed by atoms with E-state index in [1.807, 2.05) is 13.8 Å². The van der Waals surface area contributed by atoms with Gasteiger partial charge in [-0.25, -0.2) is 9.78 Å². The van der Waals surface area contributed by atoms with Gasteiger partial charge in [-0.2, -0.15) is 0 Å². The standard InChI is InChI=1S/C18H16N2O5/c1-3-20-9-13(16(22)12-7-6-11(2)19-17(12)20)18(23)25-10-14(21)15-5-4-8-24-15/h4-9H,3,10H2,1-2H3. The van der Waals surface area contributed by atoms with Crippen molar-refractivity contribution in [3.05, 3.63) is 64.0 Å². The molecule has 0 spiro atoms. The number of carbonyl (C=O) groups is 2. The van der Waals surface area contributed by atoms with E-state index in [0.717, 1.165) is 5.69 Å². The normalized spacial score (nSPS) is 10.8. The number of aryl methyl sites for hydroxylation is 2. The summed E-state index contributed by atoms with van der Waals surface area (Å²) in [7, 11) is 0. The largest absolute Gasteiger partial charge is 0.461 e. The van der Waals surface area contributed by atoms with E-state index in [4.69, 9.17) is 9.15 Å². The first-order valence-electron chi connectivity index (χ1n) is 7.76. The summed E-state index contributed by atoms with van der Waals surface area (Å²) in [6, 6.07) is 6.38. The highest BCUT2D eigenvalue weighted by molar-refractivity contribution is 5.98. The third-order valence-corrected chi connectivity index (χ3v) is 3.75. The highest BCUT2D eigenvalue weighted by Crippen LogP contribution is 2.12. The lowest BCUT2D eigenvalue weighted by atomic mass is 10.2. The molecule has 0 atom stereocenters. The van der Waals surface area contributed by atoms with E-state index < -0.39 is 23.8 Å². The summed E-state index contributed by atoms with van der Waals surface area (Å²) in [6.07, 6.45) is 2.77. The molecular weight excluding hydrogens is 324 g/mol. The average Bonchev–Trinajstić information content (AvgIpc) is 3.14. The number of hydrogen-bond donors (Lipinski definition) is 0. The van der Waals surface area contributed by atoms with E-state index in [2.05, 4.69) is 4.98 Å². The number of pyridine rings is 2. The topological polar surface area (TPSA) is 91.4 Å². The van der Waals surface area contributed by atoms with Gasteiger partial charge in [-0.15, -0.1) is 0 Å². The molecule has 0 aromatic carbocycles. The number of fused-ring (bicyclic) bond motifs is 1. The van der Waals surface area contributed by atoms with Crippen LogP contribution in [-0.2, 0) is 11.3 Å². The van der Waals surface area contributed by atoms with E-state index in [1.165, 1.54) is 18.5 Å². The van der Waals surface area contributed by atoms with Crippen LogP contribution < -0.4 is 5.43 Å². The lowest BCUT2D eigenvalue weighted by Crippen LogP contribution is -2.23. The summed E-state index contributed by atoms with van der Waals surface area (Å²) < 4.78 is 11.6. The number of rotatable bonds is 5. The van der Waals surface area contributed by atoms with Crippen molar-refractivity contribution in [2.45, 2.75) is 20.4 Å². The van der Waals surface area contributed by atoms with Crippen LogP contribution in [0.3, 0.4) is 0 Å². The highest BCUT2D eigenvalue weighted by Gasteiger charge is 2.19. The van der Waals surface area contributed by atoms with Crippen LogP contribution in [0.2, 0.25) is 0 Å². The maximum Gasteiger partial charge on any atom is 0.344 e. The van der Waals surface area contributed by atoms with Crippen LogP contribution in [0.25, 0.3) is 11.0 Å². The molecule has 25 heavy (non-hydrogen) atoms. The molecule has 128 valence electrons. The van der Waals surface area contributed by atoms with Gasteiger partial charge < -0.3 is 13.7 Å². The molecule has 7 heteroatoms. The molecule has 0 saturated heterocycles. The minimum absolute atomic E-state index is 0.0944. The zero-order chi connectivity index (χ0) is 18.0. The first-order valence-corrected chi connectivity index (χ1v) is 7.76. The molecule has 3 rings (SSSR count). The maximum atomic E-state index is 12.6. The molecule has 7 nitrogen and oxygen atoms in total. The molecular formula is C18H16N2O5. The zero-order valence-electron chi connectivity index (χ0n) is 13.8. The Morgan fingerprint density at radius 2 is 2.08 bits per heavy atom. The Kier molecular flexibility index (Phi) is 4.47. The van der Waals surface area contributed by atoms with Crippen molar-refractivity contribution in [2.24, 2.45) is 0 Å². The molecule has 0 unspecified atom stereocenters. The van der Waals surface area contributed by atoms with Crippen LogP contribution in [-0.4, -0.2) is 27.9 Å². The number of ether oxygens (including phenoxy) is 1. The van der Waals surface area contributed by atoms with Crippen molar-refractivity contribution in [3.8, 4) is 0 Å². The fourth-order valence-corrected chi connectivity index (χ4v) is 2.46. The predicted octanol–water partition coefficient (Wildman–Crippen LogP) is 2.36. The fraction of sp³-hybridized carbons (Fsp3) is 0.222. The van der Waals surface area contributed by atoms with Gasteiger partial charge in [-0.1, -0.05) is 0 Å². The van der Waals surface area contributed by atoms with E-state index >= 15 is 0 Å². The molecule has 0 amide bonds. The molecule has 0 bridgehead atoms. The first-order chi connectivity index (χ1) is 12.0. The van der Waals surface area contributed by atoms with Crippen molar-refractivity contribution in [3.63, 3.8) is 0 Å². The van der Waals surface area contributed by atoms with Crippen LogP contribution in [0.5, 0.6) is 0 Å². The van der Waals surface area contributed by atoms with Gasteiger partial charge in [0.15, 0.2) is 12.4 Å². The molecule has 3 aromatic heterocycles. The third kappa shape index (κ3) is 3.21. The van der Waals surface area contributed by atoms with Gasteiger partial charge in [0.1, 0.15) is 11.2 Å². The van der Waals surface area contributed by atoms with E-state index in [9.17, 15) is 14.4 Å². The van der Waals surface area contributed by atoms with Gasteiger partial charge in [0.25, 0.3) is 0 Å². The Morgan fingerprint density at radius 1 is 1.28 bits per heavy atom. The van der Waals surface area contributed by atoms with Crippen LogP contribution in [0.4, 0.5) is 0 Å². The van der Waals surface area contributed by atoms with Gasteiger partial charge in [0, 0.05) is 18.4 Å². The Bertz CT molecular complexity index is 1000. The summed E-state index contributed by atoms with van der Waals surface area (Å²) in [6.45, 7) is 3.73. The van der Waals surface area contributed by atoms with Gasteiger partial charge in [-0.3, -0.25) is 9.59 Å². The summed E-state index contributed by atoms with van der Waals surface area (Å²) >= 11 is 0. The first kappa shape index (κ1) is 16.6. The number of carbonyl (C=O) groups excluding carboxylic acids is 2. The Morgan fingerprint density at radius 3 is 2.76 bits per heavy atom. The van der Waals surface area contributed by atoms with Crippen LogP contribution >= 0.6 is 0 Å². The van der Waals surface area contributed by atoms with Crippen LogP contribution in [0.15, 0.2) is 45.9 Å². The molecule has 0 N–H and O–H groups in total. The van der Waals surface area contributed by atoms with Crippen molar-refractivity contribution >= 4 is 22.8 Å². The van der Waals surface area contributed by atoms with Crippen molar-refractivity contribution in [1.29, 1.82) is 0 Å². The van der Waals surface area contributed by atoms with Crippen molar-refractivity contribution in [2.75, 3.05) is 6.61 Å². The SMILES string of the molecule is CCn1cc(C(=O)OCC(=O)c2ccco2)c(=O)c2ccc(C)nc21. The summed E-state index contributed by atoms with van der Waals surface area (Å²) in [5.74, 6) is -1.24. The van der Waals surface area contributed by atoms with Gasteiger partial charge in [0.05, 0.1) is 11.6 Å². The number of Topliss-reactive ketones (excluding diaryl/α,β-unsaturated/α-hetero) is 1. The van der Waals surface area contributed by atoms with E-state index in [0.29, 0.717) is 17.6 Å². The predicted molar refractivity (Wildman–Crippen MR) is 89.7 cm³/mol. The fourth-order valence-electron chi connectivity index (χ4n) is 2.46.